The van der Waals surface area contributed by atoms with Crippen molar-refractivity contribution in [3.8, 4) is 23.0 Å². The molecule has 134 valence electrons. The van der Waals surface area contributed by atoms with Crippen LogP contribution in [0.5, 0.6) is 0 Å². The van der Waals surface area contributed by atoms with Crippen LogP contribution >= 0.6 is 11.3 Å². The zero-order valence-electron chi connectivity index (χ0n) is 13.8. The normalized spacial score (nSPS) is 11.3. The minimum atomic E-state index is -3.74. The van der Waals surface area contributed by atoms with E-state index in [2.05, 4.69) is 26.6 Å². The molecule has 0 aliphatic carbocycles. The van der Waals surface area contributed by atoms with Gasteiger partial charge in [-0.15, -0.1) is 11.3 Å². The Balaban J connectivity index is 2.03. The minimum absolute atomic E-state index is 0.393. The highest BCUT2D eigenvalue weighted by Crippen LogP contribution is 2.38. The third kappa shape index (κ3) is 3.79. The number of benzene rings is 1. The maximum Gasteiger partial charge on any atom is 0.294 e. The summed E-state index contributed by atoms with van der Waals surface area (Å²) in [7, 11) is -2.38. The number of nitrogens with zero attached hydrogens (tertiary/aromatic N) is 1. The summed E-state index contributed by atoms with van der Waals surface area (Å²) in [6.07, 6.45) is 1.54. The Hall–Kier alpha value is -2.64. The van der Waals surface area contributed by atoms with E-state index < -0.39 is 15.9 Å². The lowest BCUT2D eigenvalue weighted by Crippen LogP contribution is -2.17. The first-order valence-electron chi connectivity index (χ1n) is 7.49. The number of nitrogen functional groups attached to an aromatic ring is 2. The van der Waals surface area contributed by atoms with E-state index in [0.717, 1.165) is 21.2 Å². The fourth-order valence-corrected chi connectivity index (χ4v) is 4.02. The van der Waals surface area contributed by atoms with E-state index in [0.29, 0.717) is 17.1 Å². The predicted octanol–water partition coefficient (Wildman–Crippen LogP) is 1.96. The van der Waals surface area contributed by atoms with E-state index in [1.54, 1.807) is 6.20 Å². The van der Waals surface area contributed by atoms with Gasteiger partial charge in [0.15, 0.2) is 0 Å². The van der Waals surface area contributed by atoms with Crippen LogP contribution in [0.15, 0.2) is 35.8 Å². The SMILES string of the molecule is CNOS(=O)(=O)CC#Cc1cnc(N)c2c(-c3ccc(N)cc3)csc12. The lowest BCUT2D eigenvalue weighted by atomic mass is 10.0. The molecule has 0 unspecified atom stereocenters. The third-order valence-corrected chi connectivity index (χ3v) is 5.46. The molecule has 7 nitrogen and oxygen atoms in total. The van der Waals surface area contributed by atoms with Crippen molar-refractivity contribution in [1.82, 2.24) is 10.5 Å². The maximum absolute atomic E-state index is 11.5. The molecule has 0 aliphatic heterocycles. The second kappa shape index (κ2) is 7.31. The highest BCUT2D eigenvalue weighted by Gasteiger charge is 2.13. The number of rotatable bonds is 4. The van der Waals surface area contributed by atoms with E-state index in [1.807, 2.05) is 29.6 Å². The molecule has 5 N–H and O–H groups in total. The number of nitrogens with one attached hydrogen (secondary N) is 1. The molecule has 26 heavy (non-hydrogen) atoms. The number of hydroxylamine groups is 1. The van der Waals surface area contributed by atoms with E-state index in [9.17, 15) is 8.42 Å². The number of pyridine rings is 1. The van der Waals surface area contributed by atoms with Crippen molar-refractivity contribution in [3.63, 3.8) is 0 Å². The van der Waals surface area contributed by atoms with Gasteiger partial charge in [-0.25, -0.2) is 4.98 Å². The summed E-state index contributed by atoms with van der Waals surface area (Å²) in [5, 5.41) is 2.76. The monoisotopic (exact) mass is 388 g/mol. The van der Waals surface area contributed by atoms with E-state index in [-0.39, 0.29) is 0 Å². The first kappa shape index (κ1) is 18.2. The van der Waals surface area contributed by atoms with Gasteiger partial charge < -0.3 is 11.5 Å². The van der Waals surface area contributed by atoms with Crippen molar-refractivity contribution in [2.75, 3.05) is 24.3 Å². The van der Waals surface area contributed by atoms with Crippen LogP contribution in [0.4, 0.5) is 11.5 Å². The standard InChI is InChI=1S/C17H16N4O3S2/c1-20-24-26(22,23)8-2-3-12-9-21-17(19)15-14(10-25-16(12)15)11-4-6-13(18)7-5-11/h4-7,9-10,20H,8,18H2,1H3,(H2,19,21). The van der Waals surface area contributed by atoms with Crippen molar-refractivity contribution in [2.24, 2.45) is 0 Å². The molecule has 0 spiro atoms. The van der Waals surface area contributed by atoms with Gasteiger partial charge in [0.25, 0.3) is 10.1 Å². The van der Waals surface area contributed by atoms with Crippen LogP contribution in [0.25, 0.3) is 21.2 Å². The van der Waals surface area contributed by atoms with Crippen LogP contribution in [-0.2, 0) is 14.4 Å². The van der Waals surface area contributed by atoms with Crippen molar-refractivity contribution in [1.29, 1.82) is 0 Å². The van der Waals surface area contributed by atoms with Gasteiger partial charge in [0.1, 0.15) is 11.6 Å². The number of nitrogens with two attached hydrogens (primary N) is 2. The Kier molecular flexibility index (Phi) is 5.11. The molecule has 9 heteroatoms. The lowest BCUT2D eigenvalue weighted by molar-refractivity contribution is 0.233. The summed E-state index contributed by atoms with van der Waals surface area (Å²) in [5.41, 5.74) is 17.1. The molecule has 3 aromatic rings. The molecule has 0 fully saturated rings. The lowest BCUT2D eigenvalue weighted by Gasteiger charge is -2.04. The van der Waals surface area contributed by atoms with Gasteiger partial charge in [-0.2, -0.15) is 18.2 Å². The zero-order valence-corrected chi connectivity index (χ0v) is 15.4. The molecule has 0 saturated carbocycles. The molecule has 0 saturated heterocycles. The van der Waals surface area contributed by atoms with Crippen molar-refractivity contribution in [3.05, 3.63) is 41.4 Å². The van der Waals surface area contributed by atoms with E-state index >= 15 is 0 Å². The fourth-order valence-electron chi connectivity index (χ4n) is 2.41. The topological polar surface area (TPSA) is 120 Å². The molecule has 2 aromatic heterocycles. The third-order valence-electron chi connectivity index (χ3n) is 3.53. The highest BCUT2D eigenvalue weighted by atomic mass is 32.2. The van der Waals surface area contributed by atoms with Gasteiger partial charge in [0, 0.05) is 29.9 Å². The van der Waals surface area contributed by atoms with Crippen LogP contribution < -0.4 is 16.9 Å². The quantitative estimate of drug-likeness (QED) is 0.355. The van der Waals surface area contributed by atoms with E-state index in [1.165, 1.54) is 18.4 Å². The van der Waals surface area contributed by atoms with E-state index in [4.69, 9.17) is 11.5 Å². The number of hydrogen-bond acceptors (Lipinski definition) is 8. The summed E-state index contributed by atoms with van der Waals surface area (Å²) in [6, 6.07) is 7.46. The van der Waals surface area contributed by atoms with Crippen molar-refractivity contribution >= 4 is 43.0 Å². The summed E-state index contributed by atoms with van der Waals surface area (Å²) in [4.78, 5) is 4.20. The Bertz CT molecular complexity index is 1110. The van der Waals surface area contributed by atoms with Gasteiger partial charge in [0.2, 0.25) is 0 Å². The number of hydrogen-bond donors (Lipinski definition) is 3. The molecule has 1 aromatic carbocycles. The first-order chi connectivity index (χ1) is 12.4. The van der Waals surface area contributed by atoms with Gasteiger partial charge in [-0.3, -0.25) is 0 Å². The van der Waals surface area contributed by atoms with Crippen molar-refractivity contribution < 1.29 is 12.7 Å². The van der Waals surface area contributed by atoms with Crippen LogP contribution in [-0.4, -0.2) is 26.2 Å². The molecule has 0 atom stereocenters. The predicted molar refractivity (Wildman–Crippen MR) is 105 cm³/mol. The average molecular weight is 388 g/mol. The summed E-state index contributed by atoms with van der Waals surface area (Å²) >= 11 is 1.48. The molecular formula is C17H16N4O3S2. The molecule has 0 bridgehead atoms. The Labute approximate surface area is 155 Å². The Morgan fingerprint density at radius 3 is 2.69 bits per heavy atom. The van der Waals surface area contributed by atoms with Crippen LogP contribution in [0.2, 0.25) is 0 Å². The summed E-state index contributed by atoms with van der Waals surface area (Å²) in [6.45, 7) is 0. The average Bonchev–Trinajstić information content (AvgIpc) is 3.03. The molecule has 0 amide bonds. The fraction of sp³-hybridized carbons (Fsp3) is 0.118. The summed E-state index contributed by atoms with van der Waals surface area (Å²) in [5.74, 6) is 5.40. The number of thiophene rings is 1. The van der Waals surface area contributed by atoms with Gasteiger partial charge in [0.05, 0.1) is 10.3 Å². The highest BCUT2D eigenvalue weighted by molar-refractivity contribution is 7.86. The van der Waals surface area contributed by atoms with Crippen LogP contribution in [0, 0.1) is 11.8 Å². The molecular weight excluding hydrogens is 372 g/mol. The molecule has 0 radical (unpaired) electrons. The molecule has 2 heterocycles. The maximum atomic E-state index is 11.5. The molecule has 0 aliphatic rings. The largest absolute Gasteiger partial charge is 0.399 e. The minimum Gasteiger partial charge on any atom is -0.399 e. The summed E-state index contributed by atoms with van der Waals surface area (Å²) < 4.78 is 28.3. The molecule has 3 rings (SSSR count). The second-order valence-corrected chi connectivity index (χ2v) is 7.77. The van der Waals surface area contributed by atoms with Crippen LogP contribution in [0.1, 0.15) is 5.56 Å². The Morgan fingerprint density at radius 1 is 1.27 bits per heavy atom. The van der Waals surface area contributed by atoms with Crippen molar-refractivity contribution in [2.45, 2.75) is 0 Å². The van der Waals surface area contributed by atoms with Crippen LogP contribution in [0.3, 0.4) is 0 Å². The number of anilines is 2. The number of fused-ring (bicyclic) bond motifs is 1. The Morgan fingerprint density at radius 2 is 2.00 bits per heavy atom. The van der Waals surface area contributed by atoms with Gasteiger partial charge in [-0.1, -0.05) is 24.0 Å². The van der Waals surface area contributed by atoms with Gasteiger partial charge in [-0.05, 0) is 23.1 Å². The zero-order chi connectivity index (χ0) is 18.7. The van der Waals surface area contributed by atoms with Gasteiger partial charge >= 0.3 is 0 Å². The second-order valence-electron chi connectivity index (χ2n) is 5.32. The smallest absolute Gasteiger partial charge is 0.294 e. The number of aromatic nitrogens is 1. The first-order valence-corrected chi connectivity index (χ1v) is 9.95.